The highest BCUT2D eigenvalue weighted by Gasteiger charge is 2.25. The van der Waals surface area contributed by atoms with Crippen LogP contribution in [0.25, 0.3) is 0 Å². The zero-order valence-electron chi connectivity index (χ0n) is 11.2. The van der Waals surface area contributed by atoms with E-state index in [-0.39, 0.29) is 22.2 Å². The smallest absolute Gasteiger partial charge is 0.323 e. The second-order valence-corrected chi connectivity index (χ2v) is 6.06. The molecule has 8 nitrogen and oxygen atoms in total. The average Bonchev–Trinajstić information content (AvgIpc) is 2.37. The number of hydrogen-bond donors (Lipinski definition) is 1. The van der Waals surface area contributed by atoms with E-state index < -0.39 is 27.0 Å². The Morgan fingerprint density at radius 2 is 2.14 bits per heavy atom. The fraction of sp³-hybridized carbons (Fsp3) is 0.364. The van der Waals surface area contributed by atoms with Gasteiger partial charge in [-0.3, -0.25) is 14.9 Å². The second kappa shape index (κ2) is 6.83. The molecule has 1 aromatic carbocycles. The molecule has 0 aliphatic carbocycles. The Morgan fingerprint density at radius 1 is 1.52 bits per heavy atom. The molecule has 0 saturated carbocycles. The molecule has 0 aliphatic heterocycles. The number of nitro benzene ring substituents is 1. The number of nitrogens with one attached hydrogen (secondary N) is 1. The number of sulfonamides is 1. The third kappa shape index (κ3) is 4.38. The third-order valence-electron chi connectivity index (χ3n) is 2.39. The first-order chi connectivity index (χ1) is 9.69. The average molecular weight is 337 g/mol. The molecule has 0 aliphatic rings. The van der Waals surface area contributed by atoms with E-state index in [1.165, 1.54) is 6.92 Å². The number of nitro groups is 1. The first-order valence-electron chi connectivity index (χ1n) is 5.82. The van der Waals surface area contributed by atoms with Crippen molar-refractivity contribution in [2.24, 2.45) is 0 Å². The van der Waals surface area contributed by atoms with Crippen molar-refractivity contribution in [2.75, 3.05) is 6.61 Å². The number of benzene rings is 1. The molecule has 10 heteroatoms. The highest BCUT2D eigenvalue weighted by atomic mass is 35.5. The van der Waals surface area contributed by atoms with Crippen LogP contribution in [0, 0.1) is 10.1 Å². The summed E-state index contributed by atoms with van der Waals surface area (Å²) in [6, 6.07) is 1.82. The Balaban J connectivity index is 3.03. The van der Waals surface area contributed by atoms with Gasteiger partial charge in [-0.25, -0.2) is 8.42 Å². The van der Waals surface area contributed by atoms with Crippen molar-refractivity contribution < 1.29 is 22.9 Å². The van der Waals surface area contributed by atoms with E-state index in [1.807, 2.05) is 0 Å². The molecule has 1 rings (SSSR count). The Morgan fingerprint density at radius 3 is 2.62 bits per heavy atom. The number of halogens is 1. The van der Waals surface area contributed by atoms with Crippen LogP contribution in [-0.2, 0) is 19.6 Å². The summed E-state index contributed by atoms with van der Waals surface area (Å²) in [6.07, 6.45) is 0. The predicted molar refractivity (Wildman–Crippen MR) is 74.5 cm³/mol. The molecular formula is C11H13ClN2O6S. The predicted octanol–water partition coefficient (Wildman–Crippen LogP) is 1.48. The maximum Gasteiger partial charge on any atom is 0.323 e. The molecule has 21 heavy (non-hydrogen) atoms. The Kier molecular flexibility index (Phi) is 5.64. The molecule has 1 N–H and O–H groups in total. The lowest BCUT2D eigenvalue weighted by Crippen LogP contribution is -2.39. The Bertz CT molecular complexity index is 661. The summed E-state index contributed by atoms with van der Waals surface area (Å²) in [5.74, 6) is -0.737. The van der Waals surface area contributed by atoms with E-state index in [2.05, 4.69) is 9.46 Å². The number of ether oxygens (including phenoxy) is 1. The number of esters is 1. The standard InChI is InChI=1S/C11H13ClN2O6S/c1-3-20-11(15)7(2)13-21(18,19)10-5-4-8(14(16)17)6-9(10)12/h4-7,13H,3H2,1-2H3. The molecule has 0 saturated heterocycles. The van der Waals surface area contributed by atoms with Crippen LogP contribution in [0.15, 0.2) is 23.1 Å². The minimum atomic E-state index is -4.10. The molecule has 0 heterocycles. The van der Waals surface area contributed by atoms with Crippen molar-refractivity contribution in [3.63, 3.8) is 0 Å². The summed E-state index contributed by atoms with van der Waals surface area (Å²) < 4.78 is 30.9. The van der Waals surface area contributed by atoms with Crippen molar-refractivity contribution in [3.8, 4) is 0 Å². The van der Waals surface area contributed by atoms with Gasteiger partial charge in [0.25, 0.3) is 5.69 Å². The largest absolute Gasteiger partial charge is 0.465 e. The first-order valence-corrected chi connectivity index (χ1v) is 7.68. The molecular weight excluding hydrogens is 324 g/mol. The lowest BCUT2D eigenvalue weighted by molar-refractivity contribution is -0.384. The fourth-order valence-corrected chi connectivity index (χ4v) is 3.16. The van der Waals surface area contributed by atoms with Gasteiger partial charge in [0.05, 0.1) is 16.6 Å². The minimum Gasteiger partial charge on any atom is -0.465 e. The molecule has 0 amide bonds. The van der Waals surface area contributed by atoms with Gasteiger partial charge in [-0.1, -0.05) is 11.6 Å². The van der Waals surface area contributed by atoms with Crippen LogP contribution in [0.5, 0.6) is 0 Å². The van der Waals surface area contributed by atoms with Crippen LogP contribution in [-0.4, -0.2) is 32.0 Å². The number of nitrogens with zero attached hydrogens (tertiary/aromatic N) is 1. The van der Waals surface area contributed by atoms with Gasteiger partial charge in [0.15, 0.2) is 0 Å². The monoisotopic (exact) mass is 336 g/mol. The summed E-state index contributed by atoms with van der Waals surface area (Å²) >= 11 is 5.74. The summed E-state index contributed by atoms with van der Waals surface area (Å²) in [6.45, 7) is 3.02. The van der Waals surface area contributed by atoms with Crippen molar-refractivity contribution in [1.82, 2.24) is 4.72 Å². The number of hydrogen-bond acceptors (Lipinski definition) is 6. The quantitative estimate of drug-likeness (QED) is 0.478. The van der Waals surface area contributed by atoms with Crippen molar-refractivity contribution >= 4 is 33.3 Å². The van der Waals surface area contributed by atoms with Crippen LogP contribution < -0.4 is 4.72 Å². The summed E-state index contributed by atoms with van der Waals surface area (Å²) in [5.41, 5.74) is -0.336. The third-order valence-corrected chi connectivity index (χ3v) is 4.41. The second-order valence-electron chi connectivity index (χ2n) is 3.97. The van der Waals surface area contributed by atoms with Crippen LogP contribution in [0.2, 0.25) is 5.02 Å². The van der Waals surface area contributed by atoms with Gasteiger partial charge < -0.3 is 4.74 Å². The van der Waals surface area contributed by atoms with Gasteiger partial charge in [0.1, 0.15) is 10.9 Å². The molecule has 0 bridgehead atoms. The number of carbonyl (C=O) groups excluding carboxylic acids is 1. The van der Waals surface area contributed by atoms with Gasteiger partial charge >= 0.3 is 5.97 Å². The van der Waals surface area contributed by atoms with E-state index in [1.54, 1.807) is 6.92 Å². The molecule has 0 aromatic heterocycles. The normalized spacial score (nSPS) is 12.7. The molecule has 1 aromatic rings. The van der Waals surface area contributed by atoms with Crippen molar-refractivity contribution in [1.29, 1.82) is 0 Å². The lowest BCUT2D eigenvalue weighted by Gasteiger charge is -2.13. The lowest BCUT2D eigenvalue weighted by atomic mass is 10.3. The van der Waals surface area contributed by atoms with E-state index in [4.69, 9.17) is 11.6 Å². The molecule has 0 radical (unpaired) electrons. The molecule has 1 atom stereocenters. The van der Waals surface area contributed by atoms with Crippen LogP contribution in [0.3, 0.4) is 0 Å². The van der Waals surface area contributed by atoms with Crippen molar-refractivity contribution in [3.05, 3.63) is 33.3 Å². The van der Waals surface area contributed by atoms with Crippen molar-refractivity contribution in [2.45, 2.75) is 24.8 Å². The van der Waals surface area contributed by atoms with E-state index in [0.29, 0.717) is 0 Å². The minimum absolute atomic E-state index is 0.114. The summed E-state index contributed by atoms with van der Waals surface area (Å²) in [5, 5.41) is 10.3. The fourth-order valence-electron chi connectivity index (χ4n) is 1.43. The van der Waals surface area contributed by atoms with Gasteiger partial charge in [-0.2, -0.15) is 4.72 Å². The maximum absolute atomic E-state index is 12.1. The van der Waals surface area contributed by atoms with Crippen LogP contribution in [0.4, 0.5) is 5.69 Å². The van der Waals surface area contributed by atoms with Gasteiger partial charge in [-0.05, 0) is 19.9 Å². The first kappa shape index (κ1) is 17.3. The van der Waals surface area contributed by atoms with E-state index >= 15 is 0 Å². The zero-order chi connectivity index (χ0) is 16.2. The van der Waals surface area contributed by atoms with Gasteiger partial charge in [0, 0.05) is 12.1 Å². The summed E-state index contributed by atoms with van der Waals surface area (Å²) in [4.78, 5) is 20.9. The Hall–Kier alpha value is -1.71. The number of rotatable bonds is 6. The zero-order valence-corrected chi connectivity index (χ0v) is 12.8. The SMILES string of the molecule is CCOC(=O)C(C)NS(=O)(=O)c1ccc([N+](=O)[O-])cc1Cl. The maximum atomic E-state index is 12.1. The number of carbonyl (C=O) groups is 1. The topological polar surface area (TPSA) is 116 Å². The van der Waals surface area contributed by atoms with Gasteiger partial charge in [0.2, 0.25) is 10.0 Å². The van der Waals surface area contributed by atoms with E-state index in [0.717, 1.165) is 18.2 Å². The van der Waals surface area contributed by atoms with E-state index in [9.17, 15) is 23.3 Å². The Labute approximate surface area is 126 Å². The van der Waals surface area contributed by atoms with Crippen LogP contribution in [0.1, 0.15) is 13.8 Å². The highest BCUT2D eigenvalue weighted by molar-refractivity contribution is 7.89. The molecule has 0 fully saturated rings. The van der Waals surface area contributed by atoms with Crippen LogP contribution >= 0.6 is 11.6 Å². The van der Waals surface area contributed by atoms with Gasteiger partial charge in [-0.15, -0.1) is 0 Å². The number of non-ortho nitro benzene ring substituents is 1. The molecule has 0 spiro atoms. The molecule has 1 unspecified atom stereocenters. The highest BCUT2D eigenvalue weighted by Crippen LogP contribution is 2.26. The molecule has 116 valence electrons. The summed E-state index contributed by atoms with van der Waals surface area (Å²) in [7, 11) is -4.10.